The van der Waals surface area contributed by atoms with E-state index in [0.29, 0.717) is 19.4 Å². The number of hydrogen-bond acceptors (Lipinski definition) is 3. The number of aromatic nitrogens is 1. The smallest absolute Gasteiger partial charge is 0.316 e. The van der Waals surface area contributed by atoms with Gasteiger partial charge in [-0.3, -0.25) is 9.59 Å². The lowest BCUT2D eigenvalue weighted by molar-refractivity contribution is -0.152. The third-order valence-electron chi connectivity index (χ3n) is 6.79. The molecule has 2 aromatic rings. The number of methoxy groups -OCH3 is 1. The Morgan fingerprint density at radius 2 is 1.94 bits per heavy atom. The van der Waals surface area contributed by atoms with E-state index in [-0.39, 0.29) is 17.8 Å². The summed E-state index contributed by atoms with van der Waals surface area (Å²) in [6.45, 7) is 8.74. The highest BCUT2D eigenvalue weighted by molar-refractivity contribution is 5.85. The third-order valence-corrected chi connectivity index (χ3v) is 6.79. The van der Waals surface area contributed by atoms with Crippen LogP contribution in [-0.2, 0) is 20.7 Å². The van der Waals surface area contributed by atoms with Crippen molar-refractivity contribution in [2.24, 2.45) is 16.7 Å². The molecule has 0 saturated carbocycles. The Labute approximate surface area is 197 Å². The van der Waals surface area contributed by atoms with Gasteiger partial charge in [0.2, 0.25) is 5.91 Å². The van der Waals surface area contributed by atoms with Gasteiger partial charge in [-0.25, -0.2) is 0 Å². The van der Waals surface area contributed by atoms with Crippen LogP contribution in [-0.4, -0.2) is 30.5 Å². The predicted octanol–water partition coefficient (Wildman–Crippen LogP) is 5.72. The van der Waals surface area contributed by atoms with Gasteiger partial charge in [0.05, 0.1) is 12.5 Å². The van der Waals surface area contributed by atoms with Gasteiger partial charge in [-0.2, -0.15) is 0 Å². The van der Waals surface area contributed by atoms with Crippen molar-refractivity contribution in [2.45, 2.75) is 59.8 Å². The molecule has 1 aromatic carbocycles. The fraction of sp³-hybridized carbons (Fsp3) is 0.500. The molecule has 1 heterocycles. The molecule has 178 valence electrons. The molecule has 1 amide bonds. The highest BCUT2D eigenvalue weighted by atomic mass is 16.5. The molecule has 2 atom stereocenters. The minimum absolute atomic E-state index is 0.0233. The number of para-hydroxylation sites is 1. The molecule has 33 heavy (non-hydrogen) atoms. The standard InChI is InChI=1S/C28H38N2O3/c1-6-14-28(26(32)33-5)18-20(17-27(3,4)25(31)29-15-7-2)12-13-22(28)16-21-19-30-24-11-9-8-10-23(21)24/h8-13,18-19,22,30H,6-7,14-17H2,1-5H3,(H,29,31). The molecular formula is C28H38N2O3. The van der Waals surface area contributed by atoms with Gasteiger partial charge in [-0.1, -0.05) is 76.1 Å². The van der Waals surface area contributed by atoms with Gasteiger partial charge < -0.3 is 15.0 Å². The van der Waals surface area contributed by atoms with Crippen molar-refractivity contribution in [3.63, 3.8) is 0 Å². The monoisotopic (exact) mass is 450 g/mol. The summed E-state index contributed by atoms with van der Waals surface area (Å²) in [5.41, 5.74) is 1.99. The molecule has 3 rings (SSSR count). The van der Waals surface area contributed by atoms with Crippen molar-refractivity contribution >= 4 is 22.8 Å². The number of benzene rings is 1. The Kier molecular flexibility index (Phi) is 7.83. The molecule has 0 spiro atoms. The fourth-order valence-corrected chi connectivity index (χ4v) is 5.04. The molecule has 1 aromatic heterocycles. The minimum atomic E-state index is -0.748. The Bertz CT molecular complexity index is 1050. The second-order valence-corrected chi connectivity index (χ2v) is 9.85. The second kappa shape index (κ2) is 10.4. The summed E-state index contributed by atoms with van der Waals surface area (Å²) in [4.78, 5) is 29.3. The van der Waals surface area contributed by atoms with Crippen molar-refractivity contribution in [2.75, 3.05) is 13.7 Å². The van der Waals surface area contributed by atoms with E-state index >= 15 is 0 Å². The van der Waals surface area contributed by atoms with Crippen molar-refractivity contribution in [1.29, 1.82) is 0 Å². The van der Waals surface area contributed by atoms with E-state index in [1.54, 1.807) is 0 Å². The fourth-order valence-electron chi connectivity index (χ4n) is 5.04. The maximum absolute atomic E-state index is 13.3. The first-order valence-corrected chi connectivity index (χ1v) is 12.1. The van der Waals surface area contributed by atoms with Crippen molar-refractivity contribution < 1.29 is 14.3 Å². The first-order chi connectivity index (χ1) is 15.8. The van der Waals surface area contributed by atoms with Crippen LogP contribution in [0.5, 0.6) is 0 Å². The molecule has 0 bridgehead atoms. The normalized spacial score (nSPS) is 20.5. The van der Waals surface area contributed by atoms with Gasteiger partial charge in [-0.05, 0) is 37.3 Å². The second-order valence-electron chi connectivity index (χ2n) is 9.85. The number of allylic oxidation sites excluding steroid dienone is 3. The lowest BCUT2D eigenvalue weighted by atomic mass is 9.65. The first kappa shape index (κ1) is 24.8. The lowest BCUT2D eigenvalue weighted by Crippen LogP contribution is -2.41. The number of rotatable bonds is 10. The van der Waals surface area contributed by atoms with Crippen LogP contribution in [0.3, 0.4) is 0 Å². The summed E-state index contributed by atoms with van der Waals surface area (Å²) in [7, 11) is 1.47. The molecule has 5 nitrogen and oxygen atoms in total. The van der Waals surface area contributed by atoms with Gasteiger partial charge in [-0.15, -0.1) is 0 Å². The van der Waals surface area contributed by atoms with Crippen LogP contribution in [0.25, 0.3) is 10.9 Å². The Hall–Kier alpha value is -2.82. The van der Waals surface area contributed by atoms with Crippen LogP contribution in [0.4, 0.5) is 0 Å². The lowest BCUT2D eigenvalue weighted by Gasteiger charge is -2.38. The van der Waals surface area contributed by atoms with Crippen LogP contribution in [0.1, 0.15) is 58.9 Å². The van der Waals surface area contributed by atoms with Crippen LogP contribution in [0.2, 0.25) is 0 Å². The number of aromatic amines is 1. The average molecular weight is 451 g/mol. The van der Waals surface area contributed by atoms with Crippen LogP contribution < -0.4 is 5.32 Å². The number of hydrogen-bond donors (Lipinski definition) is 2. The van der Waals surface area contributed by atoms with E-state index in [2.05, 4.69) is 47.6 Å². The number of nitrogens with one attached hydrogen (secondary N) is 2. The number of ether oxygens (including phenoxy) is 1. The minimum Gasteiger partial charge on any atom is -0.468 e. The van der Waals surface area contributed by atoms with Crippen LogP contribution in [0, 0.1) is 16.7 Å². The van der Waals surface area contributed by atoms with Crippen LogP contribution in [0.15, 0.2) is 54.3 Å². The molecule has 2 unspecified atom stereocenters. The molecular weight excluding hydrogens is 412 g/mol. The molecule has 2 N–H and O–H groups in total. The highest BCUT2D eigenvalue weighted by Gasteiger charge is 2.45. The third kappa shape index (κ3) is 5.23. The molecule has 0 fully saturated rings. The maximum Gasteiger partial charge on any atom is 0.316 e. The zero-order valence-electron chi connectivity index (χ0n) is 20.7. The topological polar surface area (TPSA) is 71.2 Å². The van der Waals surface area contributed by atoms with E-state index in [0.717, 1.165) is 30.4 Å². The summed E-state index contributed by atoms with van der Waals surface area (Å²) in [5.74, 6) is -0.187. The van der Waals surface area contributed by atoms with Gasteiger partial charge in [0, 0.05) is 35.0 Å². The summed E-state index contributed by atoms with van der Waals surface area (Å²) in [6.07, 6.45) is 12.2. The molecule has 0 aliphatic heterocycles. The zero-order chi connectivity index (χ0) is 24.1. The molecule has 1 aliphatic carbocycles. The average Bonchev–Trinajstić information content (AvgIpc) is 3.21. The van der Waals surface area contributed by atoms with Gasteiger partial charge in [0.1, 0.15) is 0 Å². The zero-order valence-corrected chi connectivity index (χ0v) is 20.7. The Morgan fingerprint density at radius 3 is 2.64 bits per heavy atom. The van der Waals surface area contributed by atoms with E-state index < -0.39 is 10.8 Å². The van der Waals surface area contributed by atoms with Crippen molar-refractivity contribution in [3.8, 4) is 0 Å². The maximum atomic E-state index is 13.3. The van der Waals surface area contributed by atoms with E-state index in [4.69, 9.17) is 4.74 Å². The first-order valence-electron chi connectivity index (χ1n) is 12.1. The molecule has 5 heteroatoms. The Balaban J connectivity index is 1.94. The van der Waals surface area contributed by atoms with Crippen molar-refractivity contribution in [3.05, 3.63) is 59.8 Å². The summed E-state index contributed by atoms with van der Waals surface area (Å²) in [6, 6.07) is 8.25. The van der Waals surface area contributed by atoms with E-state index in [9.17, 15) is 9.59 Å². The number of fused-ring (bicyclic) bond motifs is 1. The van der Waals surface area contributed by atoms with Crippen molar-refractivity contribution in [1.82, 2.24) is 10.3 Å². The Morgan fingerprint density at radius 1 is 1.18 bits per heavy atom. The number of carbonyl (C=O) groups is 2. The largest absolute Gasteiger partial charge is 0.468 e. The molecule has 0 radical (unpaired) electrons. The van der Waals surface area contributed by atoms with E-state index in [1.807, 2.05) is 39.1 Å². The predicted molar refractivity (Wildman–Crippen MR) is 134 cm³/mol. The number of esters is 1. The molecule has 0 saturated heterocycles. The SMILES string of the molecule is CCCNC(=O)C(C)(C)CC1=CC(CCC)(C(=O)OC)C(Cc2c[nH]c3ccccc23)C=C1. The highest BCUT2D eigenvalue weighted by Crippen LogP contribution is 2.45. The van der Waals surface area contributed by atoms with Gasteiger partial charge in [0.15, 0.2) is 0 Å². The summed E-state index contributed by atoms with van der Waals surface area (Å²) in [5, 5.41) is 4.20. The summed E-state index contributed by atoms with van der Waals surface area (Å²) < 4.78 is 5.36. The van der Waals surface area contributed by atoms with Crippen LogP contribution >= 0.6 is 0 Å². The number of H-pyrrole nitrogens is 1. The van der Waals surface area contributed by atoms with E-state index in [1.165, 1.54) is 18.1 Å². The quantitative estimate of drug-likeness (QED) is 0.455. The van der Waals surface area contributed by atoms with Gasteiger partial charge in [0.25, 0.3) is 0 Å². The van der Waals surface area contributed by atoms with Gasteiger partial charge >= 0.3 is 5.97 Å². The summed E-state index contributed by atoms with van der Waals surface area (Å²) >= 11 is 0. The number of carbonyl (C=O) groups excluding carboxylic acids is 2. The number of amides is 1. The molecule has 1 aliphatic rings.